The first-order chi connectivity index (χ1) is 14.3. The summed E-state index contributed by atoms with van der Waals surface area (Å²) >= 11 is 7.36. The Balaban J connectivity index is 2.02. The number of hydrogen-bond acceptors (Lipinski definition) is 6. The number of ketones is 1. The number of nitrogens with zero attached hydrogens (tertiary/aromatic N) is 2. The van der Waals surface area contributed by atoms with Gasteiger partial charge < -0.3 is 9.47 Å². The molecule has 1 atom stereocenters. The Morgan fingerprint density at radius 1 is 1.17 bits per heavy atom. The molecule has 3 rings (SSSR count). The van der Waals surface area contributed by atoms with Gasteiger partial charge in [0.1, 0.15) is 23.0 Å². The van der Waals surface area contributed by atoms with Gasteiger partial charge in [-0.05, 0) is 49.8 Å². The first kappa shape index (κ1) is 21.9. The third-order valence-corrected chi connectivity index (χ3v) is 5.98. The zero-order valence-electron chi connectivity index (χ0n) is 17.0. The molecule has 2 aromatic rings. The molecule has 1 aliphatic rings. The largest absolute Gasteiger partial charge is 0.497 e. The van der Waals surface area contributed by atoms with Crippen LogP contribution in [0.4, 0.5) is 5.69 Å². The molecule has 1 amide bonds. The highest BCUT2D eigenvalue weighted by molar-refractivity contribution is 8.15. The number of Topliss-reactive ketones (excluding diaryl/α,β-unsaturated/α-hetero) is 1. The Labute approximate surface area is 184 Å². The van der Waals surface area contributed by atoms with E-state index in [0.717, 1.165) is 11.3 Å². The van der Waals surface area contributed by atoms with Crippen LogP contribution in [-0.4, -0.2) is 36.3 Å². The van der Waals surface area contributed by atoms with Crippen LogP contribution in [-0.2, 0) is 9.59 Å². The molecule has 0 saturated heterocycles. The van der Waals surface area contributed by atoms with Gasteiger partial charge in [0.15, 0.2) is 5.17 Å². The molecule has 0 unspecified atom stereocenters. The van der Waals surface area contributed by atoms with Crippen LogP contribution in [0.2, 0.25) is 5.02 Å². The minimum Gasteiger partial charge on any atom is -0.497 e. The molecule has 2 aromatic carbocycles. The van der Waals surface area contributed by atoms with Crippen LogP contribution >= 0.6 is 23.4 Å². The van der Waals surface area contributed by atoms with Crippen LogP contribution in [0.25, 0.3) is 6.08 Å². The number of ether oxygens (including phenoxy) is 2. The van der Waals surface area contributed by atoms with Gasteiger partial charge in [0, 0.05) is 6.07 Å². The van der Waals surface area contributed by atoms with Gasteiger partial charge >= 0.3 is 0 Å². The fourth-order valence-electron chi connectivity index (χ4n) is 2.69. The monoisotopic (exact) mass is 444 g/mol. The van der Waals surface area contributed by atoms with Crippen molar-refractivity contribution in [2.45, 2.75) is 19.1 Å². The van der Waals surface area contributed by atoms with Gasteiger partial charge in [0.05, 0.1) is 30.2 Å². The molecule has 0 aliphatic carbocycles. The van der Waals surface area contributed by atoms with Crippen molar-refractivity contribution in [3.05, 3.63) is 58.7 Å². The van der Waals surface area contributed by atoms with Crippen LogP contribution in [0.5, 0.6) is 11.5 Å². The normalized spacial score (nSPS) is 15.9. The number of rotatable bonds is 6. The first-order valence-electron chi connectivity index (χ1n) is 9.13. The van der Waals surface area contributed by atoms with Gasteiger partial charge in [-0.2, -0.15) is 0 Å². The van der Waals surface area contributed by atoms with Crippen LogP contribution < -0.4 is 14.4 Å². The molecule has 1 aliphatic heterocycles. The zero-order chi connectivity index (χ0) is 21.8. The van der Waals surface area contributed by atoms with Crippen LogP contribution in [0.15, 0.2) is 53.2 Å². The van der Waals surface area contributed by atoms with Gasteiger partial charge in [-0.15, -0.1) is 0 Å². The molecule has 156 valence electrons. The Morgan fingerprint density at radius 2 is 1.87 bits per heavy atom. The van der Waals surface area contributed by atoms with Gasteiger partial charge in [-0.3, -0.25) is 14.5 Å². The third-order valence-electron chi connectivity index (χ3n) is 4.50. The topological polar surface area (TPSA) is 68.2 Å². The van der Waals surface area contributed by atoms with Crippen molar-refractivity contribution in [1.82, 2.24) is 0 Å². The number of benzene rings is 2. The number of carbonyl (C=O) groups excluding carboxylic acids is 2. The minimum absolute atomic E-state index is 0.00336. The van der Waals surface area contributed by atoms with Crippen LogP contribution in [0.1, 0.15) is 19.4 Å². The van der Waals surface area contributed by atoms with Crippen molar-refractivity contribution in [2.75, 3.05) is 19.1 Å². The highest BCUT2D eigenvalue weighted by Crippen LogP contribution is 2.35. The lowest BCUT2D eigenvalue weighted by Crippen LogP contribution is -2.32. The van der Waals surface area contributed by atoms with Crippen molar-refractivity contribution in [3.8, 4) is 11.5 Å². The molecule has 0 spiro atoms. The highest BCUT2D eigenvalue weighted by Gasteiger charge is 2.34. The molecule has 1 heterocycles. The Hall–Kier alpha value is -2.77. The van der Waals surface area contributed by atoms with E-state index in [1.165, 1.54) is 30.7 Å². The second kappa shape index (κ2) is 9.36. The lowest BCUT2D eigenvalue weighted by Gasteiger charge is -2.20. The molecule has 0 saturated carbocycles. The summed E-state index contributed by atoms with van der Waals surface area (Å²) in [6.07, 6.45) is 1.70. The van der Waals surface area contributed by atoms with E-state index < -0.39 is 0 Å². The molecular weight excluding hydrogens is 424 g/mol. The molecule has 0 bridgehead atoms. The molecule has 0 fully saturated rings. The van der Waals surface area contributed by atoms with Crippen molar-refractivity contribution in [1.29, 1.82) is 0 Å². The van der Waals surface area contributed by atoms with E-state index >= 15 is 0 Å². The number of thioether (sulfide) groups is 1. The summed E-state index contributed by atoms with van der Waals surface area (Å²) in [6, 6.07) is 12.3. The van der Waals surface area contributed by atoms with E-state index in [1.807, 2.05) is 24.3 Å². The van der Waals surface area contributed by atoms with Gasteiger partial charge in [0.25, 0.3) is 5.91 Å². The molecule has 0 radical (unpaired) electrons. The van der Waals surface area contributed by atoms with E-state index in [1.54, 1.807) is 38.3 Å². The average molecular weight is 445 g/mol. The number of amides is 1. The predicted molar refractivity (Wildman–Crippen MR) is 122 cm³/mol. The third kappa shape index (κ3) is 4.68. The molecule has 6 nitrogen and oxygen atoms in total. The van der Waals surface area contributed by atoms with Crippen molar-refractivity contribution < 1.29 is 19.1 Å². The predicted octanol–water partition coefficient (Wildman–Crippen LogP) is 4.81. The van der Waals surface area contributed by atoms with Crippen LogP contribution in [0, 0.1) is 0 Å². The second-order valence-electron chi connectivity index (χ2n) is 6.53. The van der Waals surface area contributed by atoms with Crippen molar-refractivity contribution in [2.24, 2.45) is 4.99 Å². The van der Waals surface area contributed by atoms with E-state index in [0.29, 0.717) is 21.6 Å². The maximum Gasteiger partial charge on any atom is 0.283 e. The standard InChI is InChI=1S/C22H21ClN2O4S/c1-13(26)14(2)30-22-24-19(11-15-5-8-17(28-3)9-6-15)21(27)25(22)16-7-10-18(23)20(12-16)29-4/h5-12,14H,1-4H3/b19-11-/t14-/m0/s1. The number of aliphatic imine (C=N–C) groups is 1. The smallest absolute Gasteiger partial charge is 0.283 e. The summed E-state index contributed by atoms with van der Waals surface area (Å²) in [6.45, 7) is 3.30. The molecule has 0 aromatic heterocycles. The Kier molecular flexibility index (Phi) is 6.84. The average Bonchev–Trinajstić information content (AvgIpc) is 3.03. The van der Waals surface area contributed by atoms with Gasteiger partial charge in [-0.1, -0.05) is 35.5 Å². The maximum atomic E-state index is 13.2. The number of anilines is 1. The molecule has 8 heteroatoms. The summed E-state index contributed by atoms with van der Waals surface area (Å²) in [5.41, 5.74) is 1.64. The molecule has 0 N–H and O–H groups in total. The maximum absolute atomic E-state index is 13.2. The van der Waals surface area contributed by atoms with E-state index in [2.05, 4.69) is 4.99 Å². The number of amidine groups is 1. The highest BCUT2D eigenvalue weighted by atomic mass is 35.5. The summed E-state index contributed by atoms with van der Waals surface area (Å²) in [4.78, 5) is 31.0. The quantitative estimate of drug-likeness (QED) is 0.598. The fraction of sp³-hybridized carbons (Fsp3) is 0.227. The Morgan fingerprint density at radius 3 is 2.47 bits per heavy atom. The molecular formula is C22H21ClN2O4S. The van der Waals surface area contributed by atoms with E-state index in [9.17, 15) is 9.59 Å². The number of methoxy groups -OCH3 is 2. The van der Waals surface area contributed by atoms with Crippen molar-refractivity contribution >= 4 is 52.0 Å². The fourth-order valence-corrected chi connectivity index (χ4v) is 3.81. The number of halogens is 1. The lowest BCUT2D eigenvalue weighted by molar-refractivity contribution is -0.116. The lowest BCUT2D eigenvalue weighted by atomic mass is 10.2. The summed E-state index contributed by atoms with van der Waals surface area (Å²) in [5.74, 6) is 0.864. The van der Waals surface area contributed by atoms with Crippen molar-refractivity contribution in [3.63, 3.8) is 0 Å². The zero-order valence-corrected chi connectivity index (χ0v) is 18.6. The Bertz CT molecular complexity index is 1030. The minimum atomic E-state index is -0.353. The summed E-state index contributed by atoms with van der Waals surface area (Å²) in [7, 11) is 3.10. The van der Waals surface area contributed by atoms with Crippen LogP contribution in [0.3, 0.4) is 0 Å². The van der Waals surface area contributed by atoms with E-state index in [-0.39, 0.29) is 22.6 Å². The SMILES string of the molecule is COc1ccc(/C=C2\N=C(S[C@@H](C)C(C)=O)N(c3ccc(Cl)c(OC)c3)C2=O)cc1. The second-order valence-corrected chi connectivity index (χ2v) is 8.24. The number of hydrogen-bond donors (Lipinski definition) is 0. The summed E-state index contributed by atoms with van der Waals surface area (Å²) in [5, 5.41) is 0.505. The first-order valence-corrected chi connectivity index (χ1v) is 10.4. The van der Waals surface area contributed by atoms with Gasteiger partial charge in [0.2, 0.25) is 0 Å². The van der Waals surface area contributed by atoms with Gasteiger partial charge in [-0.25, -0.2) is 4.99 Å². The molecule has 30 heavy (non-hydrogen) atoms. The summed E-state index contributed by atoms with van der Waals surface area (Å²) < 4.78 is 10.5. The number of carbonyl (C=O) groups is 2. The van der Waals surface area contributed by atoms with E-state index in [4.69, 9.17) is 21.1 Å².